The molecule has 0 unspecified atom stereocenters. The molecule has 3 aromatic rings. The number of amides is 2. The van der Waals surface area contributed by atoms with Gasteiger partial charge in [0.05, 0.1) is 17.7 Å². The first-order valence-corrected chi connectivity index (χ1v) is 10.2. The summed E-state index contributed by atoms with van der Waals surface area (Å²) in [6, 6.07) is 18.3. The third-order valence-electron chi connectivity index (χ3n) is 4.61. The van der Waals surface area contributed by atoms with Gasteiger partial charge in [-0.1, -0.05) is 41.9 Å². The van der Waals surface area contributed by atoms with E-state index in [0.29, 0.717) is 17.0 Å². The number of hydrogen-bond donors (Lipinski definition) is 3. The molecule has 0 bridgehead atoms. The van der Waals surface area contributed by atoms with Crippen molar-refractivity contribution >= 4 is 35.3 Å². The van der Waals surface area contributed by atoms with Crippen molar-refractivity contribution < 1.29 is 29.0 Å². The Bertz CT molecular complexity index is 1150. The number of carboxylic acid groups (broad SMARTS) is 1. The van der Waals surface area contributed by atoms with Crippen LogP contribution in [0.5, 0.6) is 11.5 Å². The van der Waals surface area contributed by atoms with Crippen LogP contribution in [0.1, 0.15) is 15.9 Å². The average molecular weight is 469 g/mol. The van der Waals surface area contributed by atoms with Crippen molar-refractivity contribution in [2.45, 2.75) is 12.5 Å². The van der Waals surface area contributed by atoms with Crippen molar-refractivity contribution in [2.24, 2.45) is 0 Å². The zero-order valence-electron chi connectivity index (χ0n) is 17.6. The third-order valence-corrected chi connectivity index (χ3v) is 4.94. The lowest BCUT2D eigenvalue weighted by molar-refractivity contribution is -0.139. The molecular formula is C24H21ClN2O6. The van der Waals surface area contributed by atoms with Crippen LogP contribution in [-0.4, -0.2) is 36.2 Å². The second-order valence-electron chi connectivity index (χ2n) is 6.94. The first-order chi connectivity index (χ1) is 15.9. The Kier molecular flexibility index (Phi) is 7.88. The zero-order valence-corrected chi connectivity index (χ0v) is 18.3. The van der Waals surface area contributed by atoms with Gasteiger partial charge in [0.2, 0.25) is 0 Å². The predicted molar refractivity (Wildman–Crippen MR) is 123 cm³/mol. The highest BCUT2D eigenvalue weighted by Gasteiger charge is 2.22. The summed E-state index contributed by atoms with van der Waals surface area (Å²) in [5.74, 6) is -0.909. The van der Waals surface area contributed by atoms with Gasteiger partial charge in [0, 0.05) is 18.2 Å². The van der Waals surface area contributed by atoms with Gasteiger partial charge >= 0.3 is 12.1 Å². The number of methoxy groups -OCH3 is 1. The summed E-state index contributed by atoms with van der Waals surface area (Å²) < 4.78 is 10.3. The Morgan fingerprint density at radius 1 is 0.970 bits per heavy atom. The monoisotopic (exact) mass is 468 g/mol. The molecule has 33 heavy (non-hydrogen) atoms. The number of hydrogen-bond acceptors (Lipinski definition) is 5. The highest BCUT2D eigenvalue weighted by Crippen LogP contribution is 2.19. The van der Waals surface area contributed by atoms with Crippen molar-refractivity contribution in [3.63, 3.8) is 0 Å². The van der Waals surface area contributed by atoms with E-state index in [9.17, 15) is 19.5 Å². The second kappa shape index (κ2) is 11.0. The van der Waals surface area contributed by atoms with E-state index >= 15 is 0 Å². The summed E-state index contributed by atoms with van der Waals surface area (Å²) in [6.45, 7) is 0. The quantitative estimate of drug-likeness (QED) is 0.452. The standard InChI is InChI=1S/C24H21ClN2O6/c1-32-18-6-4-5-16(14-18)26-24(31)33-17-11-9-15(10-12-17)13-21(23(29)30)27-22(28)19-7-2-3-8-20(19)25/h2-12,14,21H,13H2,1H3,(H,26,31)(H,27,28)(H,29,30)/t21-/m0/s1. The van der Waals surface area contributed by atoms with E-state index in [1.807, 2.05) is 0 Å². The van der Waals surface area contributed by atoms with E-state index in [-0.39, 0.29) is 22.8 Å². The summed E-state index contributed by atoms with van der Waals surface area (Å²) in [5.41, 5.74) is 1.33. The Labute approximate surface area is 195 Å². The molecule has 2 amide bonds. The number of aliphatic carboxylic acids is 1. The Morgan fingerprint density at radius 3 is 2.36 bits per heavy atom. The van der Waals surface area contributed by atoms with Crippen molar-refractivity contribution in [1.29, 1.82) is 0 Å². The summed E-state index contributed by atoms with van der Waals surface area (Å²) in [4.78, 5) is 36.2. The lowest BCUT2D eigenvalue weighted by Gasteiger charge is -2.15. The van der Waals surface area contributed by atoms with E-state index in [4.69, 9.17) is 21.1 Å². The lowest BCUT2D eigenvalue weighted by atomic mass is 10.1. The number of ether oxygens (including phenoxy) is 2. The number of halogens is 1. The summed E-state index contributed by atoms with van der Waals surface area (Å²) in [7, 11) is 1.52. The number of rotatable bonds is 8. The molecule has 170 valence electrons. The van der Waals surface area contributed by atoms with Crippen LogP contribution in [0.3, 0.4) is 0 Å². The summed E-state index contributed by atoms with van der Waals surface area (Å²) >= 11 is 6.01. The third kappa shape index (κ3) is 6.72. The normalized spacial score (nSPS) is 11.2. The molecule has 0 saturated carbocycles. The fraction of sp³-hybridized carbons (Fsp3) is 0.125. The van der Waals surface area contributed by atoms with Crippen molar-refractivity contribution in [2.75, 3.05) is 12.4 Å². The molecule has 8 nitrogen and oxygen atoms in total. The molecule has 0 fully saturated rings. The molecule has 0 saturated heterocycles. The number of carbonyl (C=O) groups excluding carboxylic acids is 2. The van der Waals surface area contributed by atoms with Gasteiger partial charge in [-0.05, 0) is 42.0 Å². The van der Waals surface area contributed by atoms with Crippen LogP contribution < -0.4 is 20.1 Å². The number of carbonyl (C=O) groups is 3. The summed E-state index contributed by atoms with van der Waals surface area (Å²) in [5, 5.41) is 14.8. The van der Waals surface area contributed by atoms with Gasteiger partial charge in [0.25, 0.3) is 5.91 Å². The molecule has 1 atom stereocenters. The van der Waals surface area contributed by atoms with Gasteiger partial charge in [-0.2, -0.15) is 0 Å². The molecule has 9 heteroatoms. The molecule has 0 aliphatic rings. The highest BCUT2D eigenvalue weighted by molar-refractivity contribution is 6.33. The number of carboxylic acids is 1. The lowest BCUT2D eigenvalue weighted by Crippen LogP contribution is -2.42. The van der Waals surface area contributed by atoms with Gasteiger partial charge in [-0.3, -0.25) is 10.1 Å². The minimum Gasteiger partial charge on any atom is -0.497 e. The van der Waals surface area contributed by atoms with Gasteiger partial charge in [-0.15, -0.1) is 0 Å². The average Bonchev–Trinajstić information content (AvgIpc) is 2.80. The molecular weight excluding hydrogens is 448 g/mol. The summed E-state index contributed by atoms with van der Waals surface area (Å²) in [6.07, 6.45) is -0.659. The van der Waals surface area contributed by atoms with E-state index < -0.39 is 24.0 Å². The Balaban J connectivity index is 1.59. The van der Waals surface area contributed by atoms with Crippen LogP contribution in [0.25, 0.3) is 0 Å². The van der Waals surface area contributed by atoms with Crippen molar-refractivity contribution in [3.05, 3.63) is 88.9 Å². The maximum Gasteiger partial charge on any atom is 0.417 e. The molecule has 3 aromatic carbocycles. The number of nitrogens with one attached hydrogen (secondary N) is 2. The molecule has 0 aliphatic heterocycles. The first kappa shape index (κ1) is 23.6. The molecule has 0 radical (unpaired) electrons. The highest BCUT2D eigenvalue weighted by atomic mass is 35.5. The number of benzene rings is 3. The first-order valence-electron chi connectivity index (χ1n) is 9.85. The largest absolute Gasteiger partial charge is 0.497 e. The maximum absolute atomic E-state index is 12.4. The Morgan fingerprint density at radius 2 is 1.70 bits per heavy atom. The van der Waals surface area contributed by atoms with Crippen molar-refractivity contribution in [1.82, 2.24) is 5.32 Å². The minimum absolute atomic E-state index is 0.0296. The molecule has 3 rings (SSSR count). The molecule has 3 N–H and O–H groups in total. The van der Waals surface area contributed by atoms with Gasteiger partial charge in [-0.25, -0.2) is 9.59 Å². The molecule has 0 spiro atoms. The van der Waals surface area contributed by atoms with E-state index in [2.05, 4.69) is 10.6 Å². The SMILES string of the molecule is COc1cccc(NC(=O)Oc2ccc(C[C@H](NC(=O)c3ccccc3Cl)C(=O)O)cc2)c1. The molecule has 0 aliphatic carbocycles. The molecule has 0 aromatic heterocycles. The maximum atomic E-state index is 12.4. The minimum atomic E-state index is -1.19. The smallest absolute Gasteiger partial charge is 0.417 e. The predicted octanol–water partition coefficient (Wildman–Crippen LogP) is 4.39. The van der Waals surface area contributed by atoms with Crippen LogP contribution in [0.2, 0.25) is 5.02 Å². The van der Waals surface area contributed by atoms with Gasteiger partial charge in [0.1, 0.15) is 17.5 Å². The fourth-order valence-electron chi connectivity index (χ4n) is 2.96. The van der Waals surface area contributed by atoms with Crippen LogP contribution in [0.4, 0.5) is 10.5 Å². The van der Waals surface area contributed by atoms with Crippen LogP contribution >= 0.6 is 11.6 Å². The fourth-order valence-corrected chi connectivity index (χ4v) is 3.18. The number of anilines is 1. The molecule has 0 heterocycles. The Hall–Kier alpha value is -4.04. The van der Waals surface area contributed by atoms with Crippen molar-refractivity contribution in [3.8, 4) is 11.5 Å². The van der Waals surface area contributed by atoms with E-state index in [1.54, 1.807) is 54.6 Å². The van der Waals surface area contributed by atoms with Gasteiger partial charge < -0.3 is 19.9 Å². The van der Waals surface area contributed by atoms with E-state index in [1.165, 1.54) is 25.3 Å². The van der Waals surface area contributed by atoms with E-state index in [0.717, 1.165) is 0 Å². The second-order valence-corrected chi connectivity index (χ2v) is 7.35. The topological polar surface area (TPSA) is 114 Å². The van der Waals surface area contributed by atoms with Crippen LogP contribution in [0, 0.1) is 0 Å². The zero-order chi connectivity index (χ0) is 23.8. The van der Waals surface area contributed by atoms with Crippen LogP contribution in [0.15, 0.2) is 72.8 Å². The van der Waals surface area contributed by atoms with Gasteiger partial charge in [0.15, 0.2) is 0 Å². The van der Waals surface area contributed by atoms with Crippen LogP contribution in [-0.2, 0) is 11.2 Å².